The molecule has 0 N–H and O–H groups in total. The highest BCUT2D eigenvalue weighted by Gasteiger charge is 2.25. The van der Waals surface area contributed by atoms with Crippen molar-refractivity contribution in [2.45, 2.75) is 0 Å². The highest BCUT2D eigenvalue weighted by Crippen LogP contribution is 2.43. The summed E-state index contributed by atoms with van der Waals surface area (Å²) in [5.74, 6) is 2.24. The summed E-state index contributed by atoms with van der Waals surface area (Å²) in [7, 11) is 0. The molecular formula is C58H36N6O. The van der Waals surface area contributed by atoms with E-state index in [-0.39, 0.29) is 0 Å². The Morgan fingerprint density at radius 1 is 0.323 bits per heavy atom. The average Bonchev–Trinajstić information content (AvgIpc) is 4.07. The molecule has 13 rings (SSSR count). The van der Waals surface area contributed by atoms with Crippen LogP contribution < -0.4 is 0 Å². The van der Waals surface area contributed by atoms with Crippen LogP contribution in [0.1, 0.15) is 0 Å². The number of oxazole rings is 1. The summed E-state index contributed by atoms with van der Waals surface area (Å²) < 4.78 is 11.1. The summed E-state index contributed by atoms with van der Waals surface area (Å²) in [5, 5.41) is 4.41. The van der Waals surface area contributed by atoms with Crippen LogP contribution in [-0.4, -0.2) is 29.1 Å². The maximum absolute atomic E-state index is 6.46. The molecule has 0 amide bonds. The highest BCUT2D eigenvalue weighted by molar-refractivity contribution is 6.24. The van der Waals surface area contributed by atoms with Crippen molar-refractivity contribution < 1.29 is 4.42 Å². The predicted octanol–water partition coefficient (Wildman–Crippen LogP) is 14.5. The van der Waals surface area contributed by atoms with Gasteiger partial charge in [0.25, 0.3) is 0 Å². The van der Waals surface area contributed by atoms with Crippen LogP contribution in [0.25, 0.3) is 123 Å². The largest absolute Gasteiger partial charge is 0.436 e. The van der Waals surface area contributed by atoms with Crippen molar-refractivity contribution >= 4 is 54.7 Å². The van der Waals surface area contributed by atoms with Crippen LogP contribution in [0.4, 0.5) is 0 Å². The smallest absolute Gasteiger partial charge is 0.238 e. The zero-order valence-corrected chi connectivity index (χ0v) is 34.9. The van der Waals surface area contributed by atoms with Crippen molar-refractivity contribution in [2.24, 2.45) is 0 Å². The van der Waals surface area contributed by atoms with Gasteiger partial charge in [0, 0.05) is 32.7 Å². The Bertz CT molecular complexity index is 3790. The van der Waals surface area contributed by atoms with Crippen LogP contribution in [0, 0.1) is 0 Å². The second-order valence-electron chi connectivity index (χ2n) is 16.2. The number of para-hydroxylation sites is 5. The second-order valence-corrected chi connectivity index (χ2v) is 16.2. The molecule has 7 nitrogen and oxygen atoms in total. The first-order chi connectivity index (χ1) is 32.2. The van der Waals surface area contributed by atoms with Gasteiger partial charge in [0.05, 0.1) is 33.3 Å². The van der Waals surface area contributed by atoms with E-state index in [9.17, 15) is 0 Å². The number of nitrogens with zero attached hydrogens (tertiary/aromatic N) is 6. The number of rotatable bonds is 7. The topological polar surface area (TPSA) is 74.6 Å². The first kappa shape index (κ1) is 36.7. The van der Waals surface area contributed by atoms with Crippen molar-refractivity contribution in [3.63, 3.8) is 0 Å². The summed E-state index contributed by atoms with van der Waals surface area (Å²) in [5.41, 5.74) is 13.8. The molecule has 0 aliphatic heterocycles. The lowest BCUT2D eigenvalue weighted by molar-refractivity contribution is 0.619. The van der Waals surface area contributed by atoms with Crippen molar-refractivity contribution in [1.29, 1.82) is 0 Å². The maximum atomic E-state index is 6.46. The lowest BCUT2D eigenvalue weighted by Gasteiger charge is -2.15. The number of fused-ring (bicyclic) bond motifs is 8. The van der Waals surface area contributed by atoms with Gasteiger partial charge in [0.2, 0.25) is 11.8 Å². The summed E-state index contributed by atoms with van der Waals surface area (Å²) >= 11 is 0. The molecule has 4 heterocycles. The van der Waals surface area contributed by atoms with E-state index < -0.39 is 0 Å². The van der Waals surface area contributed by atoms with Crippen molar-refractivity contribution in [3.05, 3.63) is 218 Å². The van der Waals surface area contributed by atoms with E-state index in [1.807, 2.05) is 42.5 Å². The Balaban J connectivity index is 1.09. The third kappa shape index (κ3) is 6.05. The van der Waals surface area contributed by atoms with E-state index in [1.54, 1.807) is 0 Å². The quantitative estimate of drug-likeness (QED) is 0.160. The van der Waals surface area contributed by atoms with Crippen LogP contribution in [-0.2, 0) is 0 Å². The van der Waals surface area contributed by atoms with E-state index in [1.165, 1.54) is 0 Å². The van der Waals surface area contributed by atoms with E-state index >= 15 is 0 Å². The van der Waals surface area contributed by atoms with Gasteiger partial charge in [-0.2, -0.15) is 9.97 Å². The van der Waals surface area contributed by atoms with Gasteiger partial charge in [-0.25, -0.2) is 9.97 Å². The molecule has 304 valence electrons. The fraction of sp³-hybridized carbons (Fsp3) is 0. The molecule has 0 spiro atoms. The van der Waals surface area contributed by atoms with Gasteiger partial charge >= 0.3 is 0 Å². The fourth-order valence-corrected chi connectivity index (χ4v) is 9.40. The first-order valence-corrected chi connectivity index (χ1v) is 21.7. The van der Waals surface area contributed by atoms with E-state index in [0.717, 1.165) is 99.3 Å². The first-order valence-electron chi connectivity index (χ1n) is 21.7. The maximum Gasteiger partial charge on any atom is 0.238 e. The van der Waals surface area contributed by atoms with Crippen molar-refractivity contribution in [3.8, 4) is 68.1 Å². The minimum absolute atomic E-state index is 0.520. The third-order valence-electron chi connectivity index (χ3n) is 12.5. The number of benzene rings is 9. The number of hydrogen-bond donors (Lipinski definition) is 0. The van der Waals surface area contributed by atoms with Gasteiger partial charge in [0.15, 0.2) is 17.2 Å². The normalized spacial score (nSPS) is 11.7. The summed E-state index contributed by atoms with van der Waals surface area (Å²) in [6.45, 7) is 0. The van der Waals surface area contributed by atoms with E-state index in [0.29, 0.717) is 23.5 Å². The molecule has 4 aromatic heterocycles. The molecule has 0 bridgehead atoms. The molecule has 0 saturated heterocycles. The van der Waals surface area contributed by atoms with Gasteiger partial charge in [0.1, 0.15) is 5.52 Å². The molecular weight excluding hydrogens is 797 g/mol. The fourth-order valence-electron chi connectivity index (χ4n) is 9.40. The van der Waals surface area contributed by atoms with Crippen molar-refractivity contribution in [1.82, 2.24) is 29.1 Å². The van der Waals surface area contributed by atoms with Crippen LogP contribution in [0.15, 0.2) is 223 Å². The zero-order chi connectivity index (χ0) is 42.8. The molecule has 0 aliphatic rings. The number of hydrogen-bond acceptors (Lipinski definition) is 5. The Kier molecular flexibility index (Phi) is 8.39. The molecule has 0 aliphatic carbocycles. The summed E-state index contributed by atoms with van der Waals surface area (Å²) in [6.07, 6.45) is 0. The van der Waals surface area contributed by atoms with Gasteiger partial charge < -0.3 is 8.98 Å². The lowest BCUT2D eigenvalue weighted by atomic mass is 10.0. The SMILES string of the molecule is c1ccc(-c2ccc(-c3nc(-c4ccc(-c5ccccc5)cc4)nc(-n4c5ccccc5c5ccc6c7ccccc7n(-c7ccccc7-c7nc8ccccc8o7)c6c54)n3)cc2)cc1. The Labute approximate surface area is 373 Å². The van der Waals surface area contributed by atoms with Crippen LogP contribution in [0.3, 0.4) is 0 Å². The lowest BCUT2D eigenvalue weighted by Crippen LogP contribution is -2.07. The zero-order valence-electron chi connectivity index (χ0n) is 34.9. The second kappa shape index (κ2) is 14.9. The molecule has 0 atom stereocenters. The van der Waals surface area contributed by atoms with E-state index in [2.05, 4.69) is 185 Å². The Morgan fingerprint density at radius 3 is 1.38 bits per heavy atom. The summed E-state index contributed by atoms with van der Waals surface area (Å²) in [4.78, 5) is 21.0. The van der Waals surface area contributed by atoms with Crippen molar-refractivity contribution in [2.75, 3.05) is 0 Å². The highest BCUT2D eigenvalue weighted by atomic mass is 16.3. The molecule has 65 heavy (non-hydrogen) atoms. The molecule has 0 fully saturated rings. The molecule has 0 unspecified atom stereocenters. The van der Waals surface area contributed by atoms with E-state index in [4.69, 9.17) is 24.4 Å². The minimum atomic E-state index is 0.520. The molecule has 9 aromatic carbocycles. The monoisotopic (exact) mass is 832 g/mol. The minimum Gasteiger partial charge on any atom is -0.436 e. The van der Waals surface area contributed by atoms with Gasteiger partial charge in [-0.3, -0.25) is 4.57 Å². The number of aromatic nitrogens is 6. The molecule has 13 aromatic rings. The molecule has 0 radical (unpaired) electrons. The van der Waals surface area contributed by atoms with Gasteiger partial charge in [-0.1, -0.05) is 182 Å². The molecule has 0 saturated carbocycles. The Morgan fingerprint density at radius 2 is 0.785 bits per heavy atom. The van der Waals surface area contributed by atoms with Crippen LogP contribution in [0.5, 0.6) is 0 Å². The predicted molar refractivity (Wildman–Crippen MR) is 263 cm³/mol. The van der Waals surface area contributed by atoms with Gasteiger partial charge in [-0.15, -0.1) is 0 Å². The van der Waals surface area contributed by atoms with Crippen LogP contribution >= 0.6 is 0 Å². The van der Waals surface area contributed by atoms with Gasteiger partial charge in [-0.05, 0) is 58.7 Å². The van der Waals surface area contributed by atoms with Crippen LogP contribution in [0.2, 0.25) is 0 Å². The molecule has 7 heteroatoms. The standard InChI is InChI=1S/C58H36N6O/c1-3-15-37(16-4-1)39-27-31-41(32-28-39)55-60-56(42-33-29-40(30-34-42)38-17-5-2-6-18-38)62-58(61-55)64-50-24-12-8-20-44(50)46-36-35-45-43-19-7-11-23-49(43)63(53(45)54(46)64)51-25-13-9-21-47(51)57-59-48-22-10-14-26-52(48)65-57/h1-36H. The third-order valence-corrected chi connectivity index (χ3v) is 12.5. The Hall–Kier alpha value is -8.94. The summed E-state index contributed by atoms with van der Waals surface area (Å²) in [6, 6.07) is 75.7. The average molecular weight is 833 g/mol.